The van der Waals surface area contributed by atoms with Gasteiger partial charge < -0.3 is 4.90 Å². The quantitative estimate of drug-likeness (QED) is 0.798. The lowest BCUT2D eigenvalue weighted by Gasteiger charge is -2.32. The first-order chi connectivity index (χ1) is 7.29. The molecule has 0 aliphatic carbocycles. The molecule has 0 N–H and O–H groups in total. The summed E-state index contributed by atoms with van der Waals surface area (Å²) in [7, 11) is 0. The lowest BCUT2D eigenvalue weighted by molar-refractivity contribution is 0.714. The van der Waals surface area contributed by atoms with Crippen molar-refractivity contribution in [3.63, 3.8) is 0 Å². The summed E-state index contributed by atoms with van der Waals surface area (Å²) in [6.45, 7) is 4.35. The number of halogens is 1. The Morgan fingerprint density at radius 2 is 2.40 bits per heavy atom. The molecule has 1 aliphatic rings. The second-order valence-electron chi connectivity index (χ2n) is 3.56. The number of hydrogen-bond donors (Lipinski definition) is 0. The predicted molar refractivity (Wildman–Crippen MR) is 65.8 cm³/mol. The van der Waals surface area contributed by atoms with E-state index >= 15 is 0 Å². The molecular formula is C10H14ClN3S. The molecule has 0 bridgehead atoms. The van der Waals surface area contributed by atoms with Crippen LogP contribution < -0.4 is 4.90 Å². The highest BCUT2D eigenvalue weighted by Gasteiger charge is 2.19. The largest absolute Gasteiger partial charge is 0.353 e. The Hall–Kier alpha value is -0.480. The molecule has 0 radical (unpaired) electrons. The van der Waals surface area contributed by atoms with Crippen molar-refractivity contribution in [2.45, 2.75) is 18.6 Å². The van der Waals surface area contributed by atoms with Crippen LogP contribution >= 0.6 is 23.4 Å². The van der Waals surface area contributed by atoms with Crippen LogP contribution in [-0.2, 0) is 0 Å². The van der Waals surface area contributed by atoms with Gasteiger partial charge in [0.15, 0.2) is 11.0 Å². The van der Waals surface area contributed by atoms with E-state index in [1.165, 1.54) is 12.2 Å². The van der Waals surface area contributed by atoms with Gasteiger partial charge in [-0.15, -0.1) is 10.2 Å². The van der Waals surface area contributed by atoms with Crippen molar-refractivity contribution in [2.24, 2.45) is 0 Å². The first-order valence-corrected chi connectivity index (χ1v) is 6.58. The standard InChI is InChI=1S/C10H14ClN3S/c1-2-8-7-14(5-6-15-8)10-4-3-9(11)12-13-10/h3-4,8H,2,5-7H2,1H3. The van der Waals surface area contributed by atoms with Crippen LogP contribution in [0.2, 0.25) is 5.15 Å². The molecule has 2 rings (SSSR count). The molecule has 1 aliphatic heterocycles. The van der Waals surface area contributed by atoms with Crippen LogP contribution in [0.1, 0.15) is 13.3 Å². The molecule has 0 aromatic carbocycles. The number of aromatic nitrogens is 2. The zero-order valence-corrected chi connectivity index (χ0v) is 10.3. The number of thioether (sulfide) groups is 1. The first kappa shape index (κ1) is 11.0. The molecule has 1 aromatic heterocycles. The van der Waals surface area contributed by atoms with Crippen molar-refractivity contribution < 1.29 is 0 Å². The summed E-state index contributed by atoms with van der Waals surface area (Å²) in [6, 6.07) is 3.74. The average Bonchev–Trinajstić information content (AvgIpc) is 2.30. The maximum Gasteiger partial charge on any atom is 0.151 e. The van der Waals surface area contributed by atoms with E-state index in [9.17, 15) is 0 Å². The fourth-order valence-electron chi connectivity index (χ4n) is 1.65. The van der Waals surface area contributed by atoms with Crippen molar-refractivity contribution in [2.75, 3.05) is 23.7 Å². The van der Waals surface area contributed by atoms with Crippen LogP contribution in [0.15, 0.2) is 12.1 Å². The van der Waals surface area contributed by atoms with E-state index in [2.05, 4.69) is 22.0 Å². The number of hydrogen-bond acceptors (Lipinski definition) is 4. The van der Waals surface area contributed by atoms with E-state index < -0.39 is 0 Å². The van der Waals surface area contributed by atoms with Gasteiger partial charge >= 0.3 is 0 Å². The van der Waals surface area contributed by atoms with E-state index in [-0.39, 0.29) is 0 Å². The molecule has 1 unspecified atom stereocenters. The van der Waals surface area contributed by atoms with Crippen molar-refractivity contribution in [3.8, 4) is 0 Å². The average molecular weight is 244 g/mol. The van der Waals surface area contributed by atoms with Gasteiger partial charge in [0.1, 0.15) is 0 Å². The van der Waals surface area contributed by atoms with Gasteiger partial charge in [0.2, 0.25) is 0 Å². The Bertz CT molecular complexity index is 317. The van der Waals surface area contributed by atoms with Crippen molar-refractivity contribution in [1.29, 1.82) is 0 Å². The lowest BCUT2D eigenvalue weighted by atomic mass is 10.3. The van der Waals surface area contributed by atoms with E-state index in [1.807, 2.05) is 17.8 Å². The van der Waals surface area contributed by atoms with E-state index in [1.54, 1.807) is 6.07 Å². The summed E-state index contributed by atoms with van der Waals surface area (Å²) < 4.78 is 0. The van der Waals surface area contributed by atoms with Gasteiger partial charge in [-0.3, -0.25) is 0 Å². The fraction of sp³-hybridized carbons (Fsp3) is 0.600. The Balaban J connectivity index is 2.06. The summed E-state index contributed by atoms with van der Waals surface area (Å²) in [5.41, 5.74) is 0. The van der Waals surface area contributed by atoms with Crippen LogP contribution in [0.5, 0.6) is 0 Å². The molecule has 1 saturated heterocycles. The molecule has 0 amide bonds. The topological polar surface area (TPSA) is 29.0 Å². The summed E-state index contributed by atoms with van der Waals surface area (Å²) in [5, 5.41) is 9.15. The van der Waals surface area contributed by atoms with Gasteiger partial charge in [-0.2, -0.15) is 11.8 Å². The monoisotopic (exact) mass is 243 g/mol. The van der Waals surface area contributed by atoms with Crippen molar-refractivity contribution >= 4 is 29.2 Å². The highest BCUT2D eigenvalue weighted by atomic mass is 35.5. The molecule has 82 valence electrons. The number of anilines is 1. The van der Waals surface area contributed by atoms with Gasteiger partial charge in [0.05, 0.1) is 0 Å². The maximum atomic E-state index is 5.71. The second-order valence-corrected chi connectivity index (χ2v) is 5.36. The van der Waals surface area contributed by atoms with Gasteiger partial charge in [-0.05, 0) is 18.6 Å². The molecule has 2 heterocycles. The van der Waals surface area contributed by atoms with E-state index in [0.29, 0.717) is 5.15 Å². The SMILES string of the molecule is CCC1CN(c2ccc(Cl)nn2)CCS1. The minimum atomic E-state index is 0.456. The summed E-state index contributed by atoms with van der Waals surface area (Å²) in [5.74, 6) is 2.11. The van der Waals surface area contributed by atoms with E-state index in [0.717, 1.165) is 24.2 Å². The lowest BCUT2D eigenvalue weighted by Crippen LogP contribution is -2.38. The Labute approximate surface area is 99.2 Å². The zero-order chi connectivity index (χ0) is 10.7. The van der Waals surface area contributed by atoms with Gasteiger partial charge in [-0.25, -0.2) is 0 Å². The highest BCUT2D eigenvalue weighted by molar-refractivity contribution is 8.00. The van der Waals surface area contributed by atoms with Crippen LogP contribution in [0.4, 0.5) is 5.82 Å². The highest BCUT2D eigenvalue weighted by Crippen LogP contribution is 2.24. The predicted octanol–water partition coefficient (Wildman–Crippen LogP) is 2.46. The normalized spacial score (nSPS) is 21.7. The van der Waals surface area contributed by atoms with Gasteiger partial charge in [-0.1, -0.05) is 18.5 Å². The second kappa shape index (κ2) is 5.03. The molecule has 3 nitrogen and oxygen atoms in total. The van der Waals surface area contributed by atoms with Crippen LogP contribution in [0, 0.1) is 0 Å². The minimum absolute atomic E-state index is 0.456. The Morgan fingerprint density at radius 3 is 3.07 bits per heavy atom. The third-order valence-corrected chi connectivity index (χ3v) is 4.11. The Kier molecular flexibility index (Phi) is 3.70. The third-order valence-electron chi connectivity index (χ3n) is 2.54. The number of nitrogens with zero attached hydrogens (tertiary/aromatic N) is 3. The molecule has 1 atom stereocenters. The first-order valence-electron chi connectivity index (χ1n) is 5.15. The van der Waals surface area contributed by atoms with Gasteiger partial charge in [0.25, 0.3) is 0 Å². The maximum absolute atomic E-state index is 5.71. The van der Waals surface area contributed by atoms with Crippen LogP contribution in [0.25, 0.3) is 0 Å². The number of rotatable bonds is 2. The summed E-state index contributed by atoms with van der Waals surface area (Å²) in [4.78, 5) is 2.29. The van der Waals surface area contributed by atoms with E-state index in [4.69, 9.17) is 11.6 Å². The van der Waals surface area contributed by atoms with Crippen molar-refractivity contribution in [1.82, 2.24) is 10.2 Å². The summed E-state index contributed by atoms with van der Waals surface area (Å²) in [6.07, 6.45) is 1.21. The molecule has 15 heavy (non-hydrogen) atoms. The molecule has 0 spiro atoms. The van der Waals surface area contributed by atoms with Gasteiger partial charge in [0, 0.05) is 24.1 Å². The zero-order valence-electron chi connectivity index (χ0n) is 8.69. The molecule has 1 aromatic rings. The van der Waals surface area contributed by atoms with Crippen molar-refractivity contribution in [3.05, 3.63) is 17.3 Å². The third kappa shape index (κ3) is 2.75. The molecule has 5 heteroatoms. The fourth-order valence-corrected chi connectivity index (χ4v) is 2.93. The molecule has 1 fully saturated rings. The summed E-state index contributed by atoms with van der Waals surface area (Å²) >= 11 is 7.76. The minimum Gasteiger partial charge on any atom is -0.353 e. The van der Waals surface area contributed by atoms with Crippen LogP contribution in [-0.4, -0.2) is 34.3 Å². The Morgan fingerprint density at radius 1 is 1.53 bits per heavy atom. The molecule has 0 saturated carbocycles. The molecular weight excluding hydrogens is 230 g/mol. The smallest absolute Gasteiger partial charge is 0.151 e. The van der Waals surface area contributed by atoms with Crippen LogP contribution in [0.3, 0.4) is 0 Å².